The standard InChI is InChI=1S/C61H107NO3/c1-3-5-7-9-11-13-15-17-19-21-23-24-25-26-27-28-29-30-31-32-33-34-35-36-37-38-39-41-43-45-47-49-51-53-55-57-61(65)62-59(58-63)60(64)56-54-52-50-48-46-44-42-40-22-20-18-16-14-12-10-8-6-4-2/h5,7,11,13,17,19,22-24,26-27,40,46,48,54,56,59-60,63-64H,3-4,6,8-10,12,14-16,18,20-21,25,28-39,41-45,47,49-53,55,57-58H2,1-2H3,(H,62,65)/b7-5-,13-11-,19-17-,24-23-,27-26-,40-22+,48-46+,56-54+. The lowest BCUT2D eigenvalue weighted by Crippen LogP contribution is -2.45. The second kappa shape index (κ2) is 55.6. The van der Waals surface area contributed by atoms with Crippen LogP contribution in [0.5, 0.6) is 0 Å². The van der Waals surface area contributed by atoms with Gasteiger partial charge in [0, 0.05) is 6.42 Å². The minimum Gasteiger partial charge on any atom is -0.394 e. The van der Waals surface area contributed by atoms with Crippen molar-refractivity contribution >= 4 is 5.91 Å². The second-order valence-electron chi connectivity index (χ2n) is 18.6. The summed E-state index contributed by atoms with van der Waals surface area (Å²) in [4.78, 5) is 12.5. The molecule has 0 saturated carbocycles. The van der Waals surface area contributed by atoms with Gasteiger partial charge in [-0.05, 0) is 89.9 Å². The van der Waals surface area contributed by atoms with Crippen LogP contribution in [0.15, 0.2) is 97.2 Å². The van der Waals surface area contributed by atoms with Gasteiger partial charge in [0.1, 0.15) is 0 Å². The maximum atomic E-state index is 12.5. The quantitative estimate of drug-likeness (QED) is 0.0421. The summed E-state index contributed by atoms with van der Waals surface area (Å²) in [5, 5.41) is 23.1. The van der Waals surface area contributed by atoms with E-state index < -0.39 is 12.1 Å². The number of aliphatic hydroxyl groups excluding tert-OH is 2. The van der Waals surface area contributed by atoms with Gasteiger partial charge in [0.25, 0.3) is 0 Å². The average molecular weight is 903 g/mol. The monoisotopic (exact) mass is 902 g/mol. The molecule has 65 heavy (non-hydrogen) atoms. The fourth-order valence-corrected chi connectivity index (χ4v) is 8.06. The van der Waals surface area contributed by atoms with Gasteiger partial charge in [-0.2, -0.15) is 0 Å². The lowest BCUT2D eigenvalue weighted by atomic mass is 10.0. The first kappa shape index (κ1) is 62.3. The van der Waals surface area contributed by atoms with Gasteiger partial charge in [0.05, 0.1) is 18.8 Å². The summed E-state index contributed by atoms with van der Waals surface area (Å²) in [5.41, 5.74) is 0. The lowest BCUT2D eigenvalue weighted by molar-refractivity contribution is -0.123. The van der Waals surface area contributed by atoms with E-state index in [4.69, 9.17) is 0 Å². The molecule has 0 heterocycles. The van der Waals surface area contributed by atoms with Crippen molar-refractivity contribution in [1.29, 1.82) is 0 Å². The van der Waals surface area contributed by atoms with Crippen LogP contribution >= 0.6 is 0 Å². The number of amides is 1. The van der Waals surface area contributed by atoms with Crippen LogP contribution < -0.4 is 5.32 Å². The average Bonchev–Trinajstić information content (AvgIpc) is 3.31. The normalized spacial score (nSPS) is 13.6. The number of hydrogen-bond acceptors (Lipinski definition) is 3. The predicted octanol–water partition coefficient (Wildman–Crippen LogP) is 18.5. The maximum Gasteiger partial charge on any atom is 0.220 e. The van der Waals surface area contributed by atoms with Crippen LogP contribution in [0.3, 0.4) is 0 Å². The molecular weight excluding hydrogens is 795 g/mol. The molecule has 0 spiro atoms. The van der Waals surface area contributed by atoms with Crippen LogP contribution in [0.25, 0.3) is 0 Å². The van der Waals surface area contributed by atoms with Gasteiger partial charge in [-0.25, -0.2) is 0 Å². The second-order valence-corrected chi connectivity index (χ2v) is 18.6. The van der Waals surface area contributed by atoms with Crippen molar-refractivity contribution in [3.8, 4) is 0 Å². The Morgan fingerprint density at radius 2 is 0.692 bits per heavy atom. The maximum absolute atomic E-state index is 12.5. The summed E-state index contributed by atoms with van der Waals surface area (Å²) in [6.45, 7) is 4.18. The van der Waals surface area contributed by atoms with Gasteiger partial charge < -0.3 is 15.5 Å². The summed E-state index contributed by atoms with van der Waals surface area (Å²) in [6.07, 6.45) is 82.8. The Balaban J connectivity index is 3.52. The van der Waals surface area contributed by atoms with Gasteiger partial charge in [-0.15, -0.1) is 0 Å². The largest absolute Gasteiger partial charge is 0.394 e. The minimum atomic E-state index is -0.873. The van der Waals surface area contributed by atoms with Gasteiger partial charge in [-0.3, -0.25) is 4.79 Å². The van der Waals surface area contributed by atoms with E-state index >= 15 is 0 Å². The number of rotatable bonds is 50. The van der Waals surface area contributed by atoms with Crippen molar-refractivity contribution < 1.29 is 15.0 Å². The van der Waals surface area contributed by atoms with Crippen LogP contribution in [0.4, 0.5) is 0 Å². The Hall–Kier alpha value is -2.69. The molecule has 0 bridgehead atoms. The van der Waals surface area contributed by atoms with Crippen LogP contribution in [0, 0.1) is 0 Å². The summed E-state index contributed by atoms with van der Waals surface area (Å²) < 4.78 is 0. The van der Waals surface area contributed by atoms with Gasteiger partial charge in [0.15, 0.2) is 0 Å². The highest BCUT2D eigenvalue weighted by Gasteiger charge is 2.17. The third-order valence-corrected chi connectivity index (χ3v) is 12.3. The number of allylic oxidation sites excluding steroid dienone is 15. The summed E-state index contributed by atoms with van der Waals surface area (Å²) in [6, 6.07) is -0.649. The van der Waals surface area contributed by atoms with E-state index in [1.807, 2.05) is 6.08 Å². The van der Waals surface area contributed by atoms with E-state index in [0.29, 0.717) is 6.42 Å². The molecule has 0 fully saturated rings. The van der Waals surface area contributed by atoms with Crippen LogP contribution in [-0.2, 0) is 4.79 Å². The Morgan fingerprint density at radius 3 is 1.08 bits per heavy atom. The van der Waals surface area contributed by atoms with Crippen LogP contribution in [-0.4, -0.2) is 34.9 Å². The highest BCUT2D eigenvalue weighted by Crippen LogP contribution is 2.16. The molecule has 0 aliphatic rings. The molecule has 0 aliphatic carbocycles. The molecule has 4 heteroatoms. The van der Waals surface area contributed by atoms with E-state index in [-0.39, 0.29) is 12.5 Å². The van der Waals surface area contributed by atoms with Crippen molar-refractivity contribution in [2.45, 2.75) is 276 Å². The number of carbonyl (C=O) groups excluding carboxylic acids is 1. The summed E-state index contributed by atoms with van der Waals surface area (Å²) in [5.74, 6) is -0.0780. The zero-order chi connectivity index (χ0) is 47.0. The number of aliphatic hydroxyl groups is 2. The summed E-state index contributed by atoms with van der Waals surface area (Å²) >= 11 is 0. The predicted molar refractivity (Wildman–Crippen MR) is 290 cm³/mol. The first-order valence-corrected chi connectivity index (χ1v) is 28.0. The molecule has 0 aromatic rings. The Kier molecular flexibility index (Phi) is 53.3. The number of nitrogens with one attached hydrogen (secondary N) is 1. The summed E-state index contributed by atoms with van der Waals surface area (Å²) in [7, 11) is 0. The van der Waals surface area contributed by atoms with Gasteiger partial charge >= 0.3 is 0 Å². The zero-order valence-electron chi connectivity index (χ0n) is 43.0. The van der Waals surface area contributed by atoms with E-state index in [2.05, 4.69) is 104 Å². The minimum absolute atomic E-state index is 0.0780. The molecule has 0 radical (unpaired) electrons. The zero-order valence-corrected chi connectivity index (χ0v) is 43.0. The van der Waals surface area contributed by atoms with E-state index in [1.165, 1.54) is 173 Å². The van der Waals surface area contributed by atoms with E-state index in [0.717, 1.165) is 70.6 Å². The molecule has 374 valence electrons. The molecule has 0 aromatic carbocycles. The van der Waals surface area contributed by atoms with Crippen LogP contribution in [0.1, 0.15) is 264 Å². The molecular formula is C61H107NO3. The first-order valence-electron chi connectivity index (χ1n) is 28.0. The Labute approximate surface area is 404 Å². The van der Waals surface area contributed by atoms with Gasteiger partial charge in [0.2, 0.25) is 5.91 Å². The smallest absolute Gasteiger partial charge is 0.220 e. The van der Waals surface area contributed by atoms with Gasteiger partial charge in [-0.1, -0.05) is 265 Å². The molecule has 0 rings (SSSR count). The van der Waals surface area contributed by atoms with E-state index in [1.54, 1.807) is 6.08 Å². The molecule has 2 unspecified atom stereocenters. The van der Waals surface area contributed by atoms with Crippen molar-refractivity contribution in [3.63, 3.8) is 0 Å². The highest BCUT2D eigenvalue weighted by atomic mass is 16.3. The SMILES string of the molecule is CC/C=C\C/C=C\C/C=C\C/C=C\C/C=C\CCCCCCCCCCCCCCCCCCCCCC(=O)NC(CO)C(O)/C=C/CC/C=C/CC/C=C/CCCCCCCCCC. The van der Waals surface area contributed by atoms with Crippen molar-refractivity contribution in [3.05, 3.63) is 97.2 Å². The first-order chi connectivity index (χ1) is 32.2. The third kappa shape index (κ3) is 52.1. The fraction of sp³-hybridized carbons (Fsp3) is 0.721. The molecule has 3 N–H and O–H groups in total. The molecule has 0 aromatic heterocycles. The lowest BCUT2D eigenvalue weighted by Gasteiger charge is -2.19. The molecule has 4 nitrogen and oxygen atoms in total. The highest BCUT2D eigenvalue weighted by molar-refractivity contribution is 5.76. The fourth-order valence-electron chi connectivity index (χ4n) is 8.06. The van der Waals surface area contributed by atoms with Crippen LogP contribution in [0.2, 0.25) is 0 Å². The third-order valence-electron chi connectivity index (χ3n) is 12.3. The van der Waals surface area contributed by atoms with Crippen molar-refractivity contribution in [2.75, 3.05) is 6.61 Å². The molecule has 0 saturated heterocycles. The number of hydrogen-bond donors (Lipinski definition) is 3. The molecule has 1 amide bonds. The van der Waals surface area contributed by atoms with Crippen molar-refractivity contribution in [2.24, 2.45) is 0 Å². The molecule has 0 aliphatic heterocycles. The molecule has 2 atom stereocenters. The Bertz CT molecular complexity index is 1210. The number of carbonyl (C=O) groups is 1. The topological polar surface area (TPSA) is 69.6 Å². The Morgan fingerprint density at radius 1 is 0.385 bits per heavy atom. The van der Waals surface area contributed by atoms with Crippen molar-refractivity contribution in [1.82, 2.24) is 5.32 Å². The van der Waals surface area contributed by atoms with E-state index in [9.17, 15) is 15.0 Å². The number of unbranched alkanes of at least 4 members (excludes halogenated alkanes) is 29.